The Kier molecular flexibility index (Phi) is 18.8. The first-order valence-corrected chi connectivity index (χ1v) is 10.5. The summed E-state index contributed by atoms with van der Waals surface area (Å²) < 4.78 is 80.9. The van der Waals surface area contributed by atoms with Crippen molar-refractivity contribution in [2.45, 2.75) is 19.6 Å². The van der Waals surface area contributed by atoms with E-state index >= 15 is 0 Å². The summed E-state index contributed by atoms with van der Waals surface area (Å²) in [7, 11) is 0. The van der Waals surface area contributed by atoms with Crippen LogP contribution in [-0.2, 0) is 19.2 Å². The van der Waals surface area contributed by atoms with Crippen LogP contribution in [-0.4, -0.2) is 36.0 Å². The molecule has 0 aliphatic carbocycles. The van der Waals surface area contributed by atoms with Gasteiger partial charge in [0.1, 0.15) is 11.5 Å². The third-order valence-electron chi connectivity index (χ3n) is 3.53. The smallest absolute Gasteiger partial charge is 0.870 e. The molecule has 0 bridgehead atoms. The maximum Gasteiger partial charge on any atom is 1.00 e. The van der Waals surface area contributed by atoms with E-state index in [0.29, 0.717) is 9.40 Å². The van der Waals surface area contributed by atoms with Crippen LogP contribution in [0.1, 0.15) is 4.88 Å². The van der Waals surface area contributed by atoms with Gasteiger partial charge in [-0.15, -0.1) is 49.0 Å². The Morgan fingerprint density at radius 2 is 1.16 bits per heavy atom. The van der Waals surface area contributed by atoms with Gasteiger partial charge in [-0.1, -0.05) is 24.3 Å². The van der Waals surface area contributed by atoms with Crippen LogP contribution in [0.15, 0.2) is 53.9 Å². The topological polar surface area (TPSA) is 148 Å². The average molecular weight is 580 g/mol. The molecule has 202 valence electrons. The molecule has 3 N–H and O–H groups in total. The first kappa shape index (κ1) is 39.3. The third kappa shape index (κ3) is 13.9. The van der Waals surface area contributed by atoms with E-state index in [-0.39, 0.29) is 53.6 Å². The fraction of sp³-hybridized carbons (Fsp3) is 0.143. The van der Waals surface area contributed by atoms with E-state index in [9.17, 15) is 26.3 Å². The van der Waals surface area contributed by atoms with Crippen molar-refractivity contribution >= 4 is 55.1 Å². The maximum atomic E-state index is 12.1. The van der Waals surface area contributed by atoms with Gasteiger partial charge in [0.2, 0.25) is 0 Å². The van der Waals surface area contributed by atoms with Crippen LogP contribution in [0.3, 0.4) is 0 Å². The van der Waals surface area contributed by atoms with Crippen molar-refractivity contribution in [2.24, 2.45) is 0 Å². The Bertz CT molecular complexity index is 1300. The predicted octanol–water partition coefficient (Wildman–Crippen LogP) is 2.74. The van der Waals surface area contributed by atoms with Crippen LogP contribution < -0.4 is 28.3 Å². The van der Waals surface area contributed by atoms with Crippen molar-refractivity contribution in [3.05, 3.63) is 58.8 Å². The summed E-state index contributed by atoms with van der Waals surface area (Å²) in [5.41, 5.74) is 0. The Labute approximate surface area is 229 Å². The van der Waals surface area contributed by atoms with Crippen LogP contribution in [0.2, 0.25) is 0 Å². The van der Waals surface area contributed by atoms with Gasteiger partial charge in [0.25, 0.3) is 0 Å². The molecule has 4 aromatic rings. The maximum absolute atomic E-state index is 12.1. The normalized spacial score (nSPS) is 9.55. The number of halogens is 6. The van der Waals surface area contributed by atoms with Gasteiger partial charge >= 0.3 is 43.9 Å². The van der Waals surface area contributed by atoms with Gasteiger partial charge in [0.15, 0.2) is 0 Å². The van der Waals surface area contributed by atoms with Gasteiger partial charge in [0, 0.05) is 4.88 Å². The van der Waals surface area contributed by atoms with Crippen LogP contribution in [0, 0.1) is 6.92 Å². The van der Waals surface area contributed by atoms with Crippen LogP contribution in [0.5, 0.6) is 11.5 Å². The molecule has 0 saturated heterocycles. The molecule has 4 rings (SSSR count). The second kappa shape index (κ2) is 18.1. The Morgan fingerprint density at radius 3 is 1.61 bits per heavy atom. The molecule has 2 aromatic heterocycles. The molecular formula is C21H15F6LiO8S2. The van der Waals surface area contributed by atoms with E-state index in [1.807, 2.05) is 13.0 Å². The molecule has 0 radical (unpaired) electrons. The average Bonchev–Trinajstić information content (AvgIpc) is 3.34. The number of aryl methyl sites for hydroxylation is 1. The van der Waals surface area contributed by atoms with Crippen LogP contribution in [0.25, 0.3) is 20.2 Å². The second-order valence-electron chi connectivity index (χ2n) is 5.89. The molecule has 0 fully saturated rings. The molecule has 0 atom stereocenters. The van der Waals surface area contributed by atoms with Crippen molar-refractivity contribution < 1.29 is 84.8 Å². The van der Waals surface area contributed by atoms with Gasteiger partial charge < -0.3 is 20.4 Å². The molecule has 0 spiro atoms. The number of ether oxygens (including phenoxy) is 2. The predicted molar refractivity (Wildman–Crippen MR) is 117 cm³/mol. The number of hydrogen-bond acceptors (Lipinski definition) is 9. The molecule has 2 aromatic carbocycles. The minimum Gasteiger partial charge on any atom is -0.870 e. The number of hydrogen-bond donors (Lipinski definition) is 0. The zero-order valence-electron chi connectivity index (χ0n) is 19.2. The van der Waals surface area contributed by atoms with Crippen molar-refractivity contribution in [2.75, 3.05) is 0 Å². The van der Waals surface area contributed by atoms with E-state index in [1.165, 1.54) is 40.9 Å². The first-order valence-electron chi connectivity index (χ1n) is 8.80. The minimum absolute atomic E-state index is 0. The summed E-state index contributed by atoms with van der Waals surface area (Å²) in [6, 6.07) is 12.8. The molecule has 38 heavy (non-hydrogen) atoms. The summed E-state index contributed by atoms with van der Waals surface area (Å²) in [5, 5.41) is 3.27. The number of alkyl halides is 6. The number of fused-ring (bicyclic) bond motifs is 2. The molecular weight excluding hydrogens is 565 g/mol. The fourth-order valence-electron chi connectivity index (χ4n) is 2.54. The van der Waals surface area contributed by atoms with Gasteiger partial charge in [-0.25, -0.2) is 0 Å². The van der Waals surface area contributed by atoms with Crippen molar-refractivity contribution in [1.29, 1.82) is 0 Å². The Hall–Kier alpha value is -3.18. The Balaban J connectivity index is -0.000000502. The number of rotatable bonds is 2. The molecule has 0 aliphatic rings. The van der Waals surface area contributed by atoms with Gasteiger partial charge in [-0.05, 0) is 47.3 Å². The quantitative estimate of drug-likeness (QED) is 0.262. The number of carbonyl (C=O) groups excluding carboxylic acids is 4. The molecule has 2 heterocycles. The van der Waals surface area contributed by atoms with E-state index < -0.39 is 12.7 Å². The largest absolute Gasteiger partial charge is 1.00 e. The molecule has 8 nitrogen and oxygen atoms in total. The molecule has 0 aliphatic heterocycles. The summed E-state index contributed by atoms with van der Waals surface area (Å²) in [4.78, 5) is 33.5. The van der Waals surface area contributed by atoms with E-state index in [1.54, 1.807) is 29.6 Å². The van der Waals surface area contributed by atoms with E-state index in [2.05, 4.69) is 9.47 Å². The number of thiophene rings is 2. The van der Waals surface area contributed by atoms with Gasteiger partial charge in [-0.2, -0.15) is 19.2 Å². The fourth-order valence-corrected chi connectivity index (χ4v) is 4.35. The summed E-state index contributed by atoms with van der Waals surface area (Å²) in [6.07, 6.45) is -8.76. The van der Waals surface area contributed by atoms with E-state index in [0.717, 1.165) is 15.6 Å². The van der Waals surface area contributed by atoms with Gasteiger partial charge in [-0.3, -0.25) is 0 Å². The molecule has 0 unspecified atom stereocenters. The molecule has 0 saturated carbocycles. The summed E-state index contributed by atoms with van der Waals surface area (Å²) >= 11 is 2.52. The van der Waals surface area contributed by atoms with E-state index in [4.69, 9.17) is 19.2 Å². The zero-order valence-corrected chi connectivity index (χ0v) is 20.8. The van der Waals surface area contributed by atoms with Crippen LogP contribution >= 0.6 is 22.7 Å². The van der Waals surface area contributed by atoms with Gasteiger partial charge in [0.05, 0.1) is 9.40 Å². The SMILES string of the molecule is Cc1cc2cccc(OC(F)(F)F)c2s1.FC(F)(F)Oc1cccc2ccsc12.O.O=C=O.O=C=O.[Li+].[OH-]. The number of benzene rings is 2. The third-order valence-corrected chi connectivity index (χ3v) is 5.55. The minimum atomic E-state index is -4.63. The van der Waals surface area contributed by atoms with Crippen molar-refractivity contribution in [3.63, 3.8) is 0 Å². The molecule has 17 heteroatoms. The standard InChI is InChI=1S/C10H7F3OS.C9H5F3OS.2CO2.Li.2H2O/c1-6-5-7-3-2-4-8(9(7)15-6)14-10(11,12)13;10-9(11,12)13-7-3-1-2-6-4-5-14-8(6)7;2*2-1-3;;;/h2-5H,1H3;1-5H;;;;2*1H2/q;;;;+1;;/p-1. The van der Waals surface area contributed by atoms with Crippen molar-refractivity contribution in [3.8, 4) is 11.5 Å². The second-order valence-corrected chi connectivity index (χ2v) is 8.06. The zero-order chi connectivity index (χ0) is 26.6. The monoisotopic (exact) mass is 580 g/mol. The van der Waals surface area contributed by atoms with Crippen LogP contribution in [0.4, 0.5) is 26.3 Å². The Morgan fingerprint density at radius 1 is 0.737 bits per heavy atom. The molecule has 0 amide bonds. The first-order chi connectivity index (χ1) is 16.3. The summed E-state index contributed by atoms with van der Waals surface area (Å²) in [6.45, 7) is 1.85. The summed E-state index contributed by atoms with van der Waals surface area (Å²) in [5.74, 6) is -0.261. The van der Waals surface area contributed by atoms with Crippen molar-refractivity contribution in [1.82, 2.24) is 0 Å².